The average Bonchev–Trinajstić information content (AvgIpc) is 2.50. The Bertz CT molecular complexity index is 464. The second kappa shape index (κ2) is 14.4. The molecule has 0 aliphatic carbocycles. The van der Waals surface area contributed by atoms with Crippen LogP contribution in [0.25, 0.3) is 0 Å². The molecule has 1 amide bonds. The van der Waals surface area contributed by atoms with E-state index in [9.17, 15) is 13.2 Å². The third-order valence-electron chi connectivity index (χ3n) is 4.59. The molecule has 0 spiro atoms. The van der Waals surface area contributed by atoms with Crippen molar-refractivity contribution < 1.29 is 22.2 Å². The van der Waals surface area contributed by atoms with Gasteiger partial charge < -0.3 is 9.80 Å². The molecule has 156 valence electrons. The van der Waals surface area contributed by atoms with E-state index >= 15 is 0 Å². The summed E-state index contributed by atoms with van der Waals surface area (Å²) in [5, 5.41) is 2.95. The molecule has 0 atom stereocenters. The van der Waals surface area contributed by atoms with Crippen molar-refractivity contribution in [2.45, 2.75) is 77.6 Å². The summed E-state index contributed by atoms with van der Waals surface area (Å²) in [4.78, 5) is 12.0. The van der Waals surface area contributed by atoms with Crippen molar-refractivity contribution >= 4 is 16.0 Å². The van der Waals surface area contributed by atoms with Crippen LogP contribution in [-0.4, -0.2) is 62.8 Å². The lowest BCUT2D eigenvalue weighted by Gasteiger charge is -2.28. The number of carbonyl (C=O) groups excluding carboxylic acids is 1. The van der Waals surface area contributed by atoms with E-state index in [-0.39, 0.29) is 11.7 Å². The van der Waals surface area contributed by atoms with Crippen molar-refractivity contribution in [3.63, 3.8) is 0 Å². The molecule has 0 heterocycles. The average molecular weight is 394 g/mol. The number of amides is 1. The third-order valence-corrected chi connectivity index (χ3v) is 5.39. The minimum atomic E-state index is -3.92. The summed E-state index contributed by atoms with van der Waals surface area (Å²) in [5.74, 6) is -0.257. The Kier molecular flexibility index (Phi) is 14.0. The standard InChI is InChI=1S/C19H40N2O4S/c1-4-5-6-7-8-9-10-11-12-13-15-20-19(22)18-21(2,3)16-14-17-26(23,24)25/h4-18H2,1-3H3,(H-,20,22,23,24,25)/p+1. The van der Waals surface area contributed by atoms with Crippen LogP contribution < -0.4 is 5.32 Å². The minimum absolute atomic E-state index is 0.00206. The molecule has 6 nitrogen and oxygen atoms in total. The van der Waals surface area contributed by atoms with E-state index in [0.29, 0.717) is 30.5 Å². The van der Waals surface area contributed by atoms with Crippen LogP contribution in [0.5, 0.6) is 0 Å². The first-order valence-electron chi connectivity index (χ1n) is 10.2. The predicted octanol–water partition coefficient (Wildman–Crippen LogP) is 3.38. The zero-order valence-corrected chi connectivity index (χ0v) is 18.0. The van der Waals surface area contributed by atoms with Crippen molar-refractivity contribution in [2.24, 2.45) is 0 Å². The zero-order valence-electron chi connectivity index (χ0n) is 17.1. The number of nitrogens with zero attached hydrogens (tertiary/aromatic N) is 1. The predicted molar refractivity (Wildman–Crippen MR) is 108 cm³/mol. The molecule has 0 aromatic rings. The summed E-state index contributed by atoms with van der Waals surface area (Å²) in [6.45, 7) is 3.80. The van der Waals surface area contributed by atoms with Crippen LogP contribution >= 0.6 is 0 Å². The maximum absolute atomic E-state index is 12.0. The van der Waals surface area contributed by atoms with Gasteiger partial charge in [0.25, 0.3) is 16.0 Å². The van der Waals surface area contributed by atoms with E-state index in [4.69, 9.17) is 4.55 Å². The number of nitrogens with one attached hydrogen (secondary N) is 1. The smallest absolute Gasteiger partial charge is 0.275 e. The molecule has 0 saturated carbocycles. The van der Waals surface area contributed by atoms with Gasteiger partial charge in [-0.25, -0.2) is 0 Å². The van der Waals surface area contributed by atoms with Crippen molar-refractivity contribution in [3.8, 4) is 0 Å². The van der Waals surface area contributed by atoms with Gasteiger partial charge in [-0.3, -0.25) is 9.35 Å². The van der Waals surface area contributed by atoms with Gasteiger partial charge in [0.2, 0.25) is 0 Å². The Morgan fingerprint density at radius 1 is 0.885 bits per heavy atom. The van der Waals surface area contributed by atoms with Gasteiger partial charge in [-0.2, -0.15) is 8.42 Å². The van der Waals surface area contributed by atoms with E-state index in [1.807, 2.05) is 14.1 Å². The van der Waals surface area contributed by atoms with Crippen molar-refractivity contribution in [2.75, 3.05) is 39.5 Å². The van der Waals surface area contributed by atoms with Gasteiger partial charge in [0.05, 0.1) is 26.4 Å². The summed E-state index contributed by atoms with van der Waals surface area (Å²) >= 11 is 0. The number of likely N-dealkylation sites (N-methyl/N-ethyl adjacent to an activating group) is 1. The van der Waals surface area contributed by atoms with Crippen molar-refractivity contribution in [3.05, 3.63) is 0 Å². The molecule has 0 fully saturated rings. The Morgan fingerprint density at radius 3 is 1.88 bits per heavy atom. The van der Waals surface area contributed by atoms with E-state index in [2.05, 4.69) is 12.2 Å². The van der Waals surface area contributed by atoms with Crippen LogP contribution in [-0.2, 0) is 14.9 Å². The molecule has 7 heteroatoms. The van der Waals surface area contributed by atoms with Gasteiger partial charge in [0, 0.05) is 13.0 Å². The van der Waals surface area contributed by atoms with Crippen LogP contribution in [0, 0.1) is 0 Å². The highest BCUT2D eigenvalue weighted by Crippen LogP contribution is 2.10. The SMILES string of the molecule is CCCCCCCCCCCCNC(=O)C[N+](C)(C)CCCS(=O)(=O)O. The fraction of sp³-hybridized carbons (Fsp3) is 0.947. The second-order valence-electron chi connectivity index (χ2n) is 7.99. The molecule has 26 heavy (non-hydrogen) atoms. The number of quaternary nitrogens is 1. The number of unbranched alkanes of at least 4 members (excludes halogenated alkanes) is 9. The lowest BCUT2D eigenvalue weighted by Crippen LogP contribution is -2.48. The quantitative estimate of drug-likeness (QED) is 0.225. The van der Waals surface area contributed by atoms with Gasteiger partial charge in [-0.1, -0.05) is 64.7 Å². The van der Waals surface area contributed by atoms with Gasteiger partial charge in [-0.15, -0.1) is 0 Å². The first kappa shape index (κ1) is 25.3. The number of rotatable bonds is 17. The largest absolute Gasteiger partial charge is 0.351 e. The summed E-state index contributed by atoms with van der Waals surface area (Å²) in [6.07, 6.45) is 13.1. The van der Waals surface area contributed by atoms with Crippen LogP contribution in [0.4, 0.5) is 0 Å². The number of hydrogen-bond acceptors (Lipinski definition) is 3. The number of hydrogen-bond donors (Lipinski definition) is 2. The Hall–Kier alpha value is -0.660. The lowest BCUT2D eigenvalue weighted by molar-refractivity contribution is -0.882. The highest BCUT2D eigenvalue weighted by atomic mass is 32.2. The number of carbonyl (C=O) groups is 1. The molecule has 0 rings (SSSR count). The van der Waals surface area contributed by atoms with Crippen LogP contribution in [0.15, 0.2) is 0 Å². The monoisotopic (exact) mass is 393 g/mol. The van der Waals surface area contributed by atoms with Crippen LogP contribution in [0.2, 0.25) is 0 Å². The molecule has 0 bridgehead atoms. The molecule has 0 saturated heterocycles. The molecule has 0 aromatic heterocycles. The van der Waals surface area contributed by atoms with Gasteiger partial charge >= 0.3 is 0 Å². The summed E-state index contributed by atoms with van der Waals surface area (Å²) in [6, 6.07) is 0. The third kappa shape index (κ3) is 18.1. The fourth-order valence-electron chi connectivity index (χ4n) is 3.04. The van der Waals surface area contributed by atoms with E-state index in [1.165, 1.54) is 51.4 Å². The maximum atomic E-state index is 12.0. The van der Waals surface area contributed by atoms with Crippen molar-refractivity contribution in [1.82, 2.24) is 5.32 Å². The minimum Gasteiger partial charge on any atom is -0.351 e. The van der Waals surface area contributed by atoms with E-state index < -0.39 is 10.1 Å². The summed E-state index contributed by atoms with van der Waals surface area (Å²) < 4.78 is 30.6. The molecule has 0 unspecified atom stereocenters. The molecule has 0 aliphatic rings. The Balaban J connectivity index is 3.58. The summed E-state index contributed by atoms with van der Waals surface area (Å²) in [5.41, 5.74) is 0. The van der Waals surface area contributed by atoms with E-state index in [1.54, 1.807) is 0 Å². The van der Waals surface area contributed by atoms with Gasteiger partial charge in [-0.05, 0) is 6.42 Å². The molecule has 0 aromatic carbocycles. The Morgan fingerprint density at radius 2 is 1.38 bits per heavy atom. The normalized spacial score (nSPS) is 12.3. The Labute approximate surface area is 161 Å². The maximum Gasteiger partial charge on any atom is 0.275 e. The lowest BCUT2D eigenvalue weighted by atomic mass is 10.1. The summed E-state index contributed by atoms with van der Waals surface area (Å²) in [7, 11) is -0.133. The highest BCUT2D eigenvalue weighted by molar-refractivity contribution is 7.85. The second-order valence-corrected chi connectivity index (χ2v) is 9.56. The molecule has 2 N–H and O–H groups in total. The van der Waals surface area contributed by atoms with E-state index in [0.717, 1.165) is 12.8 Å². The highest BCUT2D eigenvalue weighted by Gasteiger charge is 2.20. The molecule has 0 radical (unpaired) electrons. The first-order valence-corrected chi connectivity index (χ1v) is 11.8. The molecule has 0 aliphatic heterocycles. The van der Waals surface area contributed by atoms with Gasteiger partial charge in [0.15, 0.2) is 6.54 Å². The van der Waals surface area contributed by atoms with Crippen molar-refractivity contribution in [1.29, 1.82) is 0 Å². The molecular weight excluding hydrogens is 352 g/mol. The topological polar surface area (TPSA) is 83.5 Å². The van der Waals surface area contributed by atoms with Crippen LogP contribution in [0.1, 0.15) is 77.6 Å². The van der Waals surface area contributed by atoms with Crippen LogP contribution in [0.3, 0.4) is 0 Å². The molecular formula is C19H41N2O4S+. The first-order chi connectivity index (χ1) is 12.2. The van der Waals surface area contributed by atoms with Gasteiger partial charge in [0.1, 0.15) is 0 Å². The zero-order chi connectivity index (χ0) is 19.9. The fourth-order valence-corrected chi connectivity index (χ4v) is 3.53.